The maximum atomic E-state index is 11.8. The van der Waals surface area contributed by atoms with Gasteiger partial charge in [-0.25, -0.2) is 9.59 Å². The number of carboxylic acid groups (broad SMARTS) is 1. The normalized spacial score (nSPS) is 19.8. The molecule has 0 bridgehead atoms. The van der Waals surface area contributed by atoms with Crippen molar-refractivity contribution < 1.29 is 14.7 Å². The summed E-state index contributed by atoms with van der Waals surface area (Å²) in [5.41, 5.74) is -0.498. The number of carbonyl (C=O) groups excluding carboxylic acids is 1. The number of urea groups is 1. The number of carbonyl (C=O) groups is 2. The summed E-state index contributed by atoms with van der Waals surface area (Å²) < 4.78 is 0. The lowest BCUT2D eigenvalue weighted by atomic mass is 10.0. The lowest BCUT2D eigenvalue weighted by Crippen LogP contribution is -2.51. The molecule has 0 aromatic carbocycles. The van der Waals surface area contributed by atoms with Gasteiger partial charge in [0.05, 0.1) is 11.7 Å². The summed E-state index contributed by atoms with van der Waals surface area (Å²) in [5, 5.41) is 11.9. The van der Waals surface area contributed by atoms with Gasteiger partial charge in [-0.3, -0.25) is 4.98 Å². The fourth-order valence-corrected chi connectivity index (χ4v) is 1.89. The molecule has 2 rings (SSSR count). The molecule has 18 heavy (non-hydrogen) atoms. The van der Waals surface area contributed by atoms with Gasteiger partial charge in [-0.05, 0) is 26.0 Å². The van der Waals surface area contributed by atoms with Crippen LogP contribution < -0.4 is 5.32 Å². The Morgan fingerprint density at radius 3 is 2.83 bits per heavy atom. The Labute approximate surface area is 105 Å². The molecule has 1 unspecified atom stereocenters. The molecule has 0 radical (unpaired) electrons. The molecule has 1 fully saturated rings. The van der Waals surface area contributed by atoms with Crippen LogP contribution in [0.5, 0.6) is 0 Å². The Balaban J connectivity index is 2.20. The Kier molecular flexibility index (Phi) is 2.94. The predicted octanol–water partition coefficient (Wildman–Crippen LogP) is 1.01. The first-order chi connectivity index (χ1) is 8.43. The van der Waals surface area contributed by atoms with Crippen molar-refractivity contribution in [2.45, 2.75) is 25.4 Å². The van der Waals surface area contributed by atoms with E-state index in [9.17, 15) is 9.59 Å². The highest BCUT2D eigenvalue weighted by Crippen LogP contribution is 2.25. The molecule has 6 heteroatoms. The molecule has 1 atom stereocenters. The Bertz CT molecular complexity index is 473. The minimum Gasteiger partial charge on any atom is -0.480 e. The van der Waals surface area contributed by atoms with Crippen molar-refractivity contribution in [2.75, 3.05) is 6.54 Å². The highest BCUT2D eigenvalue weighted by atomic mass is 16.4. The van der Waals surface area contributed by atoms with Crippen LogP contribution in [-0.4, -0.2) is 39.1 Å². The van der Waals surface area contributed by atoms with Gasteiger partial charge in [0.15, 0.2) is 0 Å². The van der Waals surface area contributed by atoms with Crippen LogP contribution in [0.4, 0.5) is 4.79 Å². The van der Waals surface area contributed by atoms with Crippen molar-refractivity contribution in [3.63, 3.8) is 0 Å². The molecule has 1 aliphatic rings. The topological polar surface area (TPSA) is 82.5 Å². The van der Waals surface area contributed by atoms with Crippen LogP contribution in [-0.2, 0) is 4.79 Å². The smallest absolute Gasteiger partial charge is 0.329 e. The first-order valence-corrected chi connectivity index (χ1v) is 5.65. The predicted molar refractivity (Wildman–Crippen MR) is 63.9 cm³/mol. The van der Waals surface area contributed by atoms with Crippen LogP contribution in [0.1, 0.15) is 25.6 Å². The third kappa shape index (κ3) is 2.01. The molecular weight excluding hydrogens is 234 g/mol. The van der Waals surface area contributed by atoms with Gasteiger partial charge >= 0.3 is 12.0 Å². The molecular formula is C12H15N3O3. The highest BCUT2D eigenvalue weighted by molar-refractivity contribution is 5.87. The van der Waals surface area contributed by atoms with E-state index in [-0.39, 0.29) is 12.1 Å². The number of nitrogens with one attached hydrogen (secondary N) is 1. The van der Waals surface area contributed by atoms with Gasteiger partial charge in [-0.2, -0.15) is 0 Å². The third-order valence-corrected chi connectivity index (χ3v) is 3.15. The van der Waals surface area contributed by atoms with Gasteiger partial charge in [0.25, 0.3) is 0 Å². The van der Waals surface area contributed by atoms with Gasteiger partial charge < -0.3 is 15.3 Å². The first-order valence-electron chi connectivity index (χ1n) is 5.65. The van der Waals surface area contributed by atoms with E-state index in [1.807, 2.05) is 12.1 Å². The number of amides is 2. The molecule has 1 aliphatic heterocycles. The van der Waals surface area contributed by atoms with Crippen molar-refractivity contribution in [3.8, 4) is 0 Å². The minimum atomic E-state index is -1.23. The number of hydrogen-bond acceptors (Lipinski definition) is 3. The summed E-state index contributed by atoms with van der Waals surface area (Å²) in [6.45, 7) is 3.32. The maximum absolute atomic E-state index is 11.8. The van der Waals surface area contributed by atoms with E-state index in [2.05, 4.69) is 10.3 Å². The summed E-state index contributed by atoms with van der Waals surface area (Å²) in [5.74, 6) is -1.03. The SMILES string of the molecule is CC(C)(C(=O)O)N1CC(c2ccccn2)NC1=O. The lowest BCUT2D eigenvalue weighted by Gasteiger charge is -2.30. The largest absolute Gasteiger partial charge is 0.480 e. The Morgan fingerprint density at radius 2 is 2.28 bits per heavy atom. The van der Waals surface area contributed by atoms with Crippen LogP contribution in [0.15, 0.2) is 24.4 Å². The quantitative estimate of drug-likeness (QED) is 0.837. The summed E-state index contributed by atoms with van der Waals surface area (Å²) in [6.07, 6.45) is 1.65. The van der Waals surface area contributed by atoms with Gasteiger partial charge in [0.1, 0.15) is 5.54 Å². The number of pyridine rings is 1. The first kappa shape index (κ1) is 12.3. The number of aromatic nitrogens is 1. The number of aliphatic carboxylic acids is 1. The molecule has 6 nitrogen and oxygen atoms in total. The lowest BCUT2D eigenvalue weighted by molar-refractivity contribution is -0.147. The van der Waals surface area contributed by atoms with Crippen molar-refractivity contribution in [1.82, 2.24) is 15.2 Å². The molecule has 1 saturated heterocycles. The van der Waals surface area contributed by atoms with E-state index in [0.29, 0.717) is 6.54 Å². The van der Waals surface area contributed by atoms with Crippen LogP contribution in [0.25, 0.3) is 0 Å². The Morgan fingerprint density at radius 1 is 1.56 bits per heavy atom. The van der Waals surface area contributed by atoms with E-state index in [1.165, 1.54) is 18.7 Å². The number of hydrogen-bond donors (Lipinski definition) is 2. The molecule has 0 spiro atoms. The maximum Gasteiger partial charge on any atom is 0.329 e. The van der Waals surface area contributed by atoms with Crippen LogP contribution in [0, 0.1) is 0 Å². The number of carboxylic acids is 1. The van der Waals surface area contributed by atoms with Gasteiger partial charge in [-0.1, -0.05) is 6.07 Å². The highest BCUT2D eigenvalue weighted by Gasteiger charge is 2.43. The average molecular weight is 249 g/mol. The minimum absolute atomic E-state index is 0.266. The van der Waals surface area contributed by atoms with Gasteiger partial charge in [-0.15, -0.1) is 0 Å². The third-order valence-electron chi connectivity index (χ3n) is 3.15. The summed E-state index contributed by atoms with van der Waals surface area (Å²) in [4.78, 5) is 28.5. The van der Waals surface area contributed by atoms with Gasteiger partial charge in [0, 0.05) is 12.7 Å². The van der Waals surface area contributed by atoms with E-state index in [0.717, 1.165) is 5.69 Å². The van der Waals surface area contributed by atoms with Crippen molar-refractivity contribution in [2.24, 2.45) is 0 Å². The standard InChI is InChI=1S/C12H15N3O3/c1-12(2,10(16)17)15-7-9(14-11(15)18)8-5-3-4-6-13-8/h3-6,9H,7H2,1-2H3,(H,14,18)(H,16,17). The summed E-state index contributed by atoms with van der Waals surface area (Å²) in [6, 6.07) is 4.79. The Hall–Kier alpha value is -2.11. The molecule has 96 valence electrons. The molecule has 1 aromatic heterocycles. The van der Waals surface area contributed by atoms with Crippen molar-refractivity contribution in [3.05, 3.63) is 30.1 Å². The molecule has 1 aromatic rings. The molecule has 2 heterocycles. The zero-order chi connectivity index (χ0) is 13.3. The van der Waals surface area contributed by atoms with E-state index < -0.39 is 11.5 Å². The molecule has 0 aliphatic carbocycles. The van der Waals surface area contributed by atoms with Crippen LogP contribution >= 0.6 is 0 Å². The fourth-order valence-electron chi connectivity index (χ4n) is 1.89. The number of nitrogens with zero attached hydrogens (tertiary/aromatic N) is 2. The monoisotopic (exact) mass is 249 g/mol. The van der Waals surface area contributed by atoms with Crippen LogP contribution in [0.3, 0.4) is 0 Å². The fraction of sp³-hybridized carbons (Fsp3) is 0.417. The van der Waals surface area contributed by atoms with Gasteiger partial charge in [0.2, 0.25) is 0 Å². The van der Waals surface area contributed by atoms with Crippen molar-refractivity contribution in [1.29, 1.82) is 0 Å². The zero-order valence-corrected chi connectivity index (χ0v) is 10.3. The summed E-state index contributed by atoms with van der Waals surface area (Å²) >= 11 is 0. The second-order valence-corrected chi connectivity index (χ2v) is 4.73. The van der Waals surface area contributed by atoms with E-state index in [1.54, 1.807) is 12.3 Å². The van der Waals surface area contributed by atoms with E-state index in [4.69, 9.17) is 5.11 Å². The number of rotatable bonds is 3. The summed E-state index contributed by atoms with van der Waals surface area (Å²) in [7, 11) is 0. The molecule has 2 N–H and O–H groups in total. The second-order valence-electron chi connectivity index (χ2n) is 4.73. The van der Waals surface area contributed by atoms with Crippen LogP contribution in [0.2, 0.25) is 0 Å². The average Bonchev–Trinajstić information content (AvgIpc) is 2.73. The zero-order valence-electron chi connectivity index (χ0n) is 10.3. The molecule has 0 saturated carbocycles. The second kappa shape index (κ2) is 4.29. The van der Waals surface area contributed by atoms with Crippen molar-refractivity contribution >= 4 is 12.0 Å². The molecule has 2 amide bonds. The van der Waals surface area contributed by atoms with E-state index >= 15 is 0 Å².